The van der Waals surface area contributed by atoms with E-state index in [-0.39, 0.29) is 81.7 Å². The van der Waals surface area contributed by atoms with E-state index in [1.807, 2.05) is 4.90 Å². The number of aromatic nitrogens is 3. The number of aliphatic hydroxyl groups is 1. The van der Waals surface area contributed by atoms with Crippen LogP contribution in [0, 0.1) is 35.3 Å². The van der Waals surface area contributed by atoms with E-state index in [1.54, 1.807) is 6.92 Å². The number of nitrogens with zero attached hydrogens (tertiary/aromatic N) is 5. The molecule has 53 heavy (non-hydrogen) atoms. The number of hydrogen-bond donors (Lipinski definition) is 2. The van der Waals surface area contributed by atoms with Crippen LogP contribution in [0.4, 0.5) is 14.6 Å². The minimum atomic E-state index is -1.24. The molecule has 13 heteroatoms. The molecule has 3 saturated heterocycles. The topological polar surface area (TPSA) is 123 Å². The molecule has 2 aromatic heterocycles. The predicted molar refractivity (Wildman–Crippen MR) is 195 cm³/mol. The molecular weight excluding hydrogens is 684 g/mol. The Morgan fingerprint density at radius 3 is 2.70 bits per heavy atom. The average molecular weight is 730 g/mol. The Bertz CT molecular complexity index is 2090. The van der Waals surface area contributed by atoms with Gasteiger partial charge in [-0.25, -0.2) is 13.8 Å². The molecule has 280 valence electrons. The van der Waals surface area contributed by atoms with E-state index in [4.69, 9.17) is 30.4 Å². The largest absolute Gasteiger partial charge is 0.508 e. The minimum Gasteiger partial charge on any atom is -0.508 e. The summed E-state index contributed by atoms with van der Waals surface area (Å²) in [6, 6.07) is 5.73. The number of aromatic hydroxyl groups is 1. The molecule has 1 saturated carbocycles. The van der Waals surface area contributed by atoms with Crippen molar-refractivity contribution < 1.29 is 37.9 Å². The summed E-state index contributed by atoms with van der Waals surface area (Å²) >= 11 is 0. The van der Waals surface area contributed by atoms with E-state index in [9.17, 15) is 10.2 Å². The van der Waals surface area contributed by atoms with Crippen LogP contribution in [0.5, 0.6) is 17.6 Å². The molecule has 3 aliphatic heterocycles. The first-order valence-corrected chi connectivity index (χ1v) is 18.5. The Balaban J connectivity index is 1.26. The van der Waals surface area contributed by atoms with Crippen LogP contribution in [-0.2, 0) is 9.47 Å². The van der Waals surface area contributed by atoms with E-state index in [1.165, 1.54) is 31.4 Å². The van der Waals surface area contributed by atoms with Crippen molar-refractivity contribution in [3.8, 4) is 41.2 Å². The van der Waals surface area contributed by atoms with Gasteiger partial charge in [0.05, 0.1) is 45.6 Å². The molecule has 4 atom stereocenters. The number of piperidine rings is 1. The van der Waals surface area contributed by atoms with E-state index in [0.717, 1.165) is 64.8 Å². The number of pyridine rings is 1. The number of hydrogen-bond acceptors (Lipinski definition) is 11. The maximum atomic E-state index is 17.3. The fourth-order valence-electron chi connectivity index (χ4n) is 9.16. The van der Waals surface area contributed by atoms with Gasteiger partial charge in [-0.05, 0) is 75.1 Å². The van der Waals surface area contributed by atoms with Gasteiger partial charge in [0, 0.05) is 42.1 Å². The smallest absolute Gasteiger partial charge is 0.319 e. The summed E-state index contributed by atoms with van der Waals surface area (Å²) in [4.78, 5) is 18.6. The van der Waals surface area contributed by atoms with Gasteiger partial charge in [0.1, 0.15) is 39.6 Å². The minimum absolute atomic E-state index is 0.00817. The molecule has 0 amide bonds. The zero-order chi connectivity index (χ0) is 36.9. The van der Waals surface area contributed by atoms with Crippen molar-refractivity contribution in [2.75, 3.05) is 71.2 Å². The number of phenolic OH excluding ortho intramolecular Hbond substituents is 1. The third-order valence-corrected chi connectivity index (χ3v) is 11.5. The van der Waals surface area contributed by atoms with Crippen molar-refractivity contribution in [3.05, 3.63) is 41.5 Å². The molecule has 11 nitrogen and oxygen atoms in total. The molecule has 0 spiro atoms. The monoisotopic (exact) mass is 729 g/mol. The standard InChI is InChI=1S/C40H45F2N5O6/c1-4-27-29(41)9-8-25-17-26(48)18-28(31(25)27)34-33(42)35-32(37(43-34)50-3)36(47-14-16-52-22-39(2,49)21-47)45-38(44-35)53-23-40-11-5-7-30(40)46(13-6-12-40)19-24-10-15-51-20-24/h1,8-9,17-18,24,30,48-49H,5-7,10-16,19-23H2,2-3H3/t24?,30-,39+,40-/m1/s1. The Morgan fingerprint density at radius 2 is 1.91 bits per heavy atom. The number of ether oxygens (including phenoxy) is 4. The molecule has 4 fully saturated rings. The van der Waals surface area contributed by atoms with E-state index in [2.05, 4.69) is 20.8 Å². The van der Waals surface area contributed by atoms with Gasteiger partial charge in [0.2, 0.25) is 5.88 Å². The first kappa shape index (κ1) is 35.7. The SMILES string of the molecule is C#Cc1c(F)ccc2cc(O)cc(-c3nc(OC)c4c(N5CCOC[C@@](C)(O)C5)nc(OC[C@]56CCC[C@H]5N(CC5CCOC5)CCC6)nc4c3F)c12. The summed E-state index contributed by atoms with van der Waals surface area (Å²) < 4.78 is 56.1. The quantitative estimate of drug-likeness (QED) is 0.225. The van der Waals surface area contributed by atoms with Crippen molar-refractivity contribution in [1.29, 1.82) is 0 Å². The first-order valence-electron chi connectivity index (χ1n) is 18.5. The number of rotatable bonds is 8. The first-order chi connectivity index (χ1) is 25.6. The van der Waals surface area contributed by atoms with Crippen LogP contribution in [0.15, 0.2) is 24.3 Å². The summed E-state index contributed by atoms with van der Waals surface area (Å²) in [5, 5.41) is 22.7. The Labute approximate surface area is 307 Å². The summed E-state index contributed by atoms with van der Waals surface area (Å²) in [7, 11) is 1.40. The third-order valence-electron chi connectivity index (χ3n) is 11.5. The fourth-order valence-corrected chi connectivity index (χ4v) is 9.16. The number of phenols is 1. The van der Waals surface area contributed by atoms with E-state index >= 15 is 8.78 Å². The van der Waals surface area contributed by atoms with E-state index < -0.39 is 17.2 Å². The number of likely N-dealkylation sites (tertiary alicyclic amines) is 1. The number of halogens is 2. The molecule has 0 bridgehead atoms. The fraction of sp³-hybridized carbons (Fsp3) is 0.525. The van der Waals surface area contributed by atoms with Gasteiger partial charge in [0.15, 0.2) is 5.82 Å². The molecular formula is C40H45F2N5O6. The van der Waals surface area contributed by atoms with Gasteiger partial charge in [-0.1, -0.05) is 18.4 Å². The second-order valence-electron chi connectivity index (χ2n) is 15.4. The van der Waals surface area contributed by atoms with Crippen molar-refractivity contribution in [2.45, 2.75) is 57.1 Å². The summed E-state index contributed by atoms with van der Waals surface area (Å²) in [6.45, 7) is 6.56. The molecule has 8 rings (SSSR count). The van der Waals surface area contributed by atoms with Crippen LogP contribution in [0.25, 0.3) is 32.9 Å². The highest BCUT2D eigenvalue weighted by atomic mass is 19.1. The number of anilines is 1. The van der Waals surface area contributed by atoms with Crippen LogP contribution in [0.3, 0.4) is 0 Å². The van der Waals surface area contributed by atoms with Gasteiger partial charge in [-0.15, -0.1) is 6.42 Å². The Hall–Kier alpha value is -4.35. The molecule has 1 aliphatic carbocycles. The predicted octanol–water partition coefficient (Wildman–Crippen LogP) is 5.46. The highest BCUT2D eigenvalue weighted by Crippen LogP contribution is 2.49. The molecule has 4 aromatic rings. The number of methoxy groups -OCH3 is 1. The van der Waals surface area contributed by atoms with Gasteiger partial charge in [-0.2, -0.15) is 9.97 Å². The van der Waals surface area contributed by atoms with Crippen LogP contribution < -0.4 is 14.4 Å². The van der Waals surface area contributed by atoms with Crippen molar-refractivity contribution in [1.82, 2.24) is 19.9 Å². The molecule has 2 aromatic carbocycles. The van der Waals surface area contributed by atoms with Crippen molar-refractivity contribution in [3.63, 3.8) is 0 Å². The molecule has 0 radical (unpaired) electrons. The van der Waals surface area contributed by atoms with Gasteiger partial charge in [-0.3, -0.25) is 4.90 Å². The molecule has 4 aliphatic rings. The Morgan fingerprint density at radius 1 is 1.06 bits per heavy atom. The second kappa shape index (κ2) is 14.1. The number of β-amino-alcohol motifs (C(OH)–C–C–N with tert-alkyl or cyclic N) is 1. The van der Waals surface area contributed by atoms with Crippen LogP contribution in [-0.4, -0.2) is 108 Å². The highest BCUT2D eigenvalue weighted by Gasteiger charge is 2.49. The van der Waals surface area contributed by atoms with Crippen LogP contribution >= 0.6 is 0 Å². The lowest BCUT2D eigenvalue weighted by atomic mass is 9.75. The van der Waals surface area contributed by atoms with Crippen LogP contribution in [0.2, 0.25) is 0 Å². The lowest BCUT2D eigenvalue weighted by Gasteiger charge is -2.46. The number of benzene rings is 2. The molecule has 1 unspecified atom stereocenters. The average Bonchev–Trinajstić information content (AvgIpc) is 3.79. The zero-order valence-electron chi connectivity index (χ0n) is 30.2. The summed E-state index contributed by atoms with van der Waals surface area (Å²) in [5.41, 5.74) is -1.75. The maximum Gasteiger partial charge on any atom is 0.319 e. The summed E-state index contributed by atoms with van der Waals surface area (Å²) in [6.07, 6.45) is 12.1. The lowest BCUT2D eigenvalue weighted by Crippen LogP contribution is -2.53. The zero-order valence-corrected chi connectivity index (χ0v) is 30.2. The Kier molecular flexibility index (Phi) is 9.51. The third kappa shape index (κ3) is 6.60. The van der Waals surface area contributed by atoms with Crippen molar-refractivity contribution >= 4 is 27.5 Å². The molecule has 2 N–H and O–H groups in total. The maximum absolute atomic E-state index is 17.3. The number of terminal acetylenes is 1. The molecule has 5 heterocycles. The normalized spacial score (nSPS) is 26.5. The van der Waals surface area contributed by atoms with Crippen molar-refractivity contribution in [2.24, 2.45) is 11.3 Å². The lowest BCUT2D eigenvalue weighted by molar-refractivity contribution is -0.0123. The van der Waals surface area contributed by atoms with Gasteiger partial charge < -0.3 is 34.1 Å². The van der Waals surface area contributed by atoms with Gasteiger partial charge >= 0.3 is 6.01 Å². The van der Waals surface area contributed by atoms with E-state index in [0.29, 0.717) is 30.5 Å². The van der Waals surface area contributed by atoms with Crippen LogP contribution in [0.1, 0.15) is 51.0 Å². The van der Waals surface area contributed by atoms with Gasteiger partial charge in [0.25, 0.3) is 0 Å². The number of fused-ring (bicyclic) bond motifs is 3. The highest BCUT2D eigenvalue weighted by molar-refractivity contribution is 6.04. The summed E-state index contributed by atoms with van der Waals surface area (Å²) in [5.74, 6) is 1.47. The second-order valence-corrected chi connectivity index (χ2v) is 15.4.